The van der Waals surface area contributed by atoms with Crippen molar-refractivity contribution in [3.8, 4) is 0 Å². The topological polar surface area (TPSA) is 40.6 Å². The van der Waals surface area contributed by atoms with Crippen molar-refractivity contribution in [1.29, 1.82) is 0 Å². The summed E-state index contributed by atoms with van der Waals surface area (Å²) in [6, 6.07) is 10.3. The maximum absolute atomic E-state index is 13.5. The minimum Gasteiger partial charge on any atom is -0.359 e. The summed E-state index contributed by atoms with van der Waals surface area (Å²) in [7, 11) is 0. The fourth-order valence-corrected chi connectivity index (χ4v) is 3.64. The van der Waals surface area contributed by atoms with Crippen molar-refractivity contribution in [2.45, 2.75) is 25.3 Å². The highest BCUT2D eigenvalue weighted by molar-refractivity contribution is 6.23. The van der Waals surface area contributed by atoms with Crippen LogP contribution in [0.2, 0.25) is 0 Å². The molecule has 2 aliphatic heterocycles. The van der Waals surface area contributed by atoms with E-state index >= 15 is 0 Å². The second-order valence-corrected chi connectivity index (χ2v) is 6.31. The lowest BCUT2D eigenvalue weighted by Crippen LogP contribution is -2.44. The molecule has 2 heterocycles. The predicted molar refractivity (Wildman–Crippen MR) is 89.4 cm³/mol. The van der Waals surface area contributed by atoms with Crippen LogP contribution in [0.1, 0.15) is 18.4 Å². The number of anilines is 2. The van der Waals surface area contributed by atoms with Crippen LogP contribution in [0.5, 0.6) is 0 Å². The summed E-state index contributed by atoms with van der Waals surface area (Å²) in [6.07, 6.45) is 1.88. The number of hydrogen-bond donors (Lipinski definition) is 0. The van der Waals surface area contributed by atoms with Crippen molar-refractivity contribution in [2.75, 3.05) is 16.3 Å². The highest BCUT2D eigenvalue weighted by Crippen LogP contribution is 2.33. The van der Waals surface area contributed by atoms with Gasteiger partial charge in [-0.2, -0.15) is 0 Å². The van der Waals surface area contributed by atoms with Crippen molar-refractivity contribution < 1.29 is 18.4 Å². The molecule has 6 heteroatoms. The molecule has 1 fully saturated rings. The number of fused-ring (bicyclic) bond motifs is 1. The molecule has 0 radical (unpaired) electrons. The third-order valence-corrected chi connectivity index (χ3v) is 4.81. The van der Waals surface area contributed by atoms with Gasteiger partial charge in [-0.25, -0.2) is 13.7 Å². The van der Waals surface area contributed by atoms with E-state index in [-0.39, 0.29) is 12.1 Å². The van der Waals surface area contributed by atoms with Gasteiger partial charge >= 0.3 is 0 Å². The molecular weight excluding hydrogens is 326 g/mol. The van der Waals surface area contributed by atoms with Crippen LogP contribution in [0.15, 0.2) is 42.5 Å². The van der Waals surface area contributed by atoms with E-state index in [1.54, 1.807) is 0 Å². The molecule has 0 bridgehead atoms. The number of hydrogen-bond acceptors (Lipinski definition) is 3. The zero-order chi connectivity index (χ0) is 17.6. The second kappa shape index (κ2) is 5.95. The highest BCUT2D eigenvalue weighted by atomic mass is 19.2. The van der Waals surface area contributed by atoms with Crippen molar-refractivity contribution in [2.24, 2.45) is 0 Å². The molecule has 0 saturated carbocycles. The van der Waals surface area contributed by atoms with E-state index in [2.05, 4.69) is 0 Å². The second-order valence-electron chi connectivity index (χ2n) is 6.31. The molecule has 25 heavy (non-hydrogen) atoms. The number of para-hydroxylation sites is 1. The number of imide groups is 1. The summed E-state index contributed by atoms with van der Waals surface area (Å²) in [5.74, 6) is -2.88. The third-order valence-electron chi connectivity index (χ3n) is 4.81. The molecule has 1 atom stereocenters. The first kappa shape index (κ1) is 15.7. The van der Waals surface area contributed by atoms with Crippen molar-refractivity contribution in [1.82, 2.24) is 0 Å². The Morgan fingerprint density at radius 2 is 1.80 bits per heavy atom. The van der Waals surface area contributed by atoms with Gasteiger partial charge in [-0.3, -0.25) is 9.59 Å². The predicted octanol–water partition coefficient (Wildman–Crippen LogP) is 3.05. The first-order chi connectivity index (χ1) is 12.1. The molecule has 4 rings (SSSR count). The molecule has 2 aliphatic rings. The smallest absolute Gasteiger partial charge is 0.256 e. The first-order valence-electron chi connectivity index (χ1n) is 8.22. The Labute approximate surface area is 143 Å². The number of amides is 2. The highest BCUT2D eigenvalue weighted by Gasteiger charge is 2.43. The molecule has 128 valence electrons. The van der Waals surface area contributed by atoms with Crippen LogP contribution in [0, 0.1) is 11.6 Å². The summed E-state index contributed by atoms with van der Waals surface area (Å²) in [5, 5.41) is 0. The van der Waals surface area contributed by atoms with Crippen molar-refractivity contribution in [3.63, 3.8) is 0 Å². The van der Waals surface area contributed by atoms with Crippen LogP contribution in [-0.2, 0) is 16.0 Å². The maximum Gasteiger partial charge on any atom is 0.256 e. The van der Waals surface area contributed by atoms with Gasteiger partial charge < -0.3 is 4.90 Å². The molecule has 0 spiro atoms. The van der Waals surface area contributed by atoms with Gasteiger partial charge in [0.05, 0.1) is 12.1 Å². The summed E-state index contributed by atoms with van der Waals surface area (Å²) in [4.78, 5) is 28.2. The van der Waals surface area contributed by atoms with E-state index in [0.717, 1.165) is 41.1 Å². The Hall–Kier alpha value is -2.76. The standard InChI is InChI=1S/C19H16F2N2O2/c20-14-8-7-13(10-15(14)21)23-18(24)11-17(19(23)25)22-9-3-5-12-4-1-2-6-16(12)22/h1-2,4,6-8,10,17H,3,5,9,11H2/t17-/m1/s1. The fraction of sp³-hybridized carbons (Fsp3) is 0.263. The van der Waals surface area contributed by atoms with Crippen LogP contribution >= 0.6 is 0 Å². The monoisotopic (exact) mass is 342 g/mol. The van der Waals surface area contributed by atoms with E-state index in [9.17, 15) is 18.4 Å². The average Bonchev–Trinajstić information content (AvgIpc) is 2.91. The Kier molecular flexibility index (Phi) is 3.75. The molecule has 1 saturated heterocycles. The van der Waals surface area contributed by atoms with E-state index in [1.807, 2.05) is 29.2 Å². The maximum atomic E-state index is 13.5. The van der Waals surface area contributed by atoms with Gasteiger partial charge in [0.1, 0.15) is 6.04 Å². The van der Waals surface area contributed by atoms with Gasteiger partial charge in [0.15, 0.2) is 11.6 Å². The number of carbonyl (C=O) groups is 2. The SMILES string of the molecule is O=C1C[C@@H](N2CCCc3ccccc32)C(=O)N1c1ccc(F)c(F)c1. The van der Waals surface area contributed by atoms with Crippen molar-refractivity contribution >= 4 is 23.2 Å². The number of rotatable bonds is 2. The molecule has 0 N–H and O–H groups in total. The Balaban J connectivity index is 1.67. The van der Waals surface area contributed by atoms with Crippen LogP contribution < -0.4 is 9.80 Å². The average molecular weight is 342 g/mol. The van der Waals surface area contributed by atoms with E-state index in [0.29, 0.717) is 6.54 Å². The van der Waals surface area contributed by atoms with Gasteiger partial charge in [0, 0.05) is 18.3 Å². The summed E-state index contributed by atoms with van der Waals surface area (Å²) >= 11 is 0. The molecule has 2 aromatic carbocycles. The minimum absolute atomic E-state index is 0.0339. The van der Waals surface area contributed by atoms with Gasteiger partial charge in [0.2, 0.25) is 5.91 Å². The fourth-order valence-electron chi connectivity index (χ4n) is 3.64. The van der Waals surface area contributed by atoms with E-state index in [4.69, 9.17) is 0 Å². The Morgan fingerprint density at radius 3 is 2.60 bits per heavy atom. The number of benzene rings is 2. The van der Waals surface area contributed by atoms with Gasteiger partial charge in [0.25, 0.3) is 5.91 Å². The first-order valence-corrected chi connectivity index (χ1v) is 8.22. The molecular formula is C19H16F2N2O2. The molecule has 0 unspecified atom stereocenters. The van der Waals surface area contributed by atoms with E-state index < -0.39 is 29.5 Å². The van der Waals surface area contributed by atoms with Crippen molar-refractivity contribution in [3.05, 3.63) is 59.7 Å². The van der Waals surface area contributed by atoms with Gasteiger partial charge in [-0.15, -0.1) is 0 Å². The van der Waals surface area contributed by atoms with Crippen LogP contribution in [0.4, 0.5) is 20.2 Å². The number of carbonyl (C=O) groups excluding carboxylic acids is 2. The molecule has 4 nitrogen and oxygen atoms in total. The Morgan fingerprint density at radius 1 is 1.00 bits per heavy atom. The zero-order valence-electron chi connectivity index (χ0n) is 13.4. The minimum atomic E-state index is -1.08. The van der Waals surface area contributed by atoms with Gasteiger partial charge in [-0.05, 0) is 36.6 Å². The number of aryl methyl sites for hydroxylation is 1. The lowest BCUT2D eigenvalue weighted by atomic mass is 9.99. The third kappa shape index (κ3) is 2.58. The Bertz CT molecular complexity index is 868. The molecule has 2 aromatic rings. The van der Waals surface area contributed by atoms with E-state index in [1.165, 1.54) is 6.07 Å². The normalized spacial score (nSPS) is 20.2. The molecule has 0 aliphatic carbocycles. The van der Waals surface area contributed by atoms with Gasteiger partial charge in [-0.1, -0.05) is 18.2 Å². The number of nitrogens with zero attached hydrogens (tertiary/aromatic N) is 2. The zero-order valence-corrected chi connectivity index (χ0v) is 13.4. The van der Waals surface area contributed by atoms with Crippen LogP contribution in [0.25, 0.3) is 0 Å². The summed E-state index contributed by atoms with van der Waals surface area (Å²) in [6.45, 7) is 0.687. The lowest BCUT2D eigenvalue weighted by molar-refractivity contribution is -0.121. The lowest BCUT2D eigenvalue weighted by Gasteiger charge is -2.34. The largest absolute Gasteiger partial charge is 0.359 e. The summed E-state index contributed by atoms with van der Waals surface area (Å²) < 4.78 is 26.6. The summed E-state index contributed by atoms with van der Waals surface area (Å²) in [5.41, 5.74) is 2.19. The van der Waals surface area contributed by atoms with Crippen LogP contribution in [-0.4, -0.2) is 24.4 Å². The molecule has 0 aromatic heterocycles. The number of halogens is 2. The molecule has 2 amide bonds. The quantitative estimate of drug-likeness (QED) is 0.788. The van der Waals surface area contributed by atoms with Crippen LogP contribution in [0.3, 0.4) is 0 Å².